The number of nitrogens with zero attached hydrogens (tertiary/aromatic N) is 4. The Morgan fingerprint density at radius 1 is 1.25 bits per heavy atom. The largest absolute Gasteiger partial charge is 0.480 e. The van der Waals surface area contributed by atoms with Crippen molar-refractivity contribution in [3.8, 4) is 0 Å². The number of carboxylic acids is 1. The lowest BCUT2D eigenvalue weighted by Crippen LogP contribution is -2.41. The second-order valence-corrected chi connectivity index (χ2v) is 10.2. The minimum absolute atomic E-state index is 0.0167. The molecule has 0 atom stereocenters. The number of aromatic nitrogens is 2. The Hall–Kier alpha value is -3.27. The number of ether oxygens (including phenoxy) is 1. The molecule has 0 bridgehead atoms. The topological polar surface area (TPSA) is 113 Å². The number of carbonyl (C=O) groups excluding carboxylic acids is 2. The van der Waals surface area contributed by atoms with E-state index in [9.17, 15) is 23.9 Å². The molecule has 1 N–H and O–H groups in total. The summed E-state index contributed by atoms with van der Waals surface area (Å²) < 4.78 is 18.9. The van der Waals surface area contributed by atoms with Gasteiger partial charge < -0.3 is 19.6 Å². The normalized spacial score (nSPS) is 14.4. The van der Waals surface area contributed by atoms with Crippen molar-refractivity contribution >= 4 is 29.6 Å². The van der Waals surface area contributed by atoms with Crippen LogP contribution in [-0.2, 0) is 16.1 Å². The van der Waals surface area contributed by atoms with E-state index in [2.05, 4.69) is 9.97 Å². The first-order valence-electron chi connectivity index (χ1n) is 11.6. The summed E-state index contributed by atoms with van der Waals surface area (Å²) in [5.74, 6) is -1.76. The second-order valence-electron chi connectivity index (χ2n) is 9.77. The average molecular weight is 521 g/mol. The Bertz CT molecular complexity index is 1150. The molecular weight excluding hydrogens is 491 g/mol. The van der Waals surface area contributed by atoms with Crippen LogP contribution in [0.25, 0.3) is 0 Å². The SMILES string of the molecule is Cc1nc(C2CCN(C(=O)OC(C)(C)C)CC2)ncc1C(=O)N(CC(=O)O)Cc1ccc(F)c(Cl)c1. The van der Waals surface area contributed by atoms with Crippen LogP contribution in [-0.4, -0.2) is 68.1 Å². The summed E-state index contributed by atoms with van der Waals surface area (Å²) in [5, 5.41) is 9.20. The minimum atomic E-state index is -1.19. The molecule has 1 saturated heterocycles. The Morgan fingerprint density at radius 2 is 1.92 bits per heavy atom. The first-order valence-corrected chi connectivity index (χ1v) is 12.0. The smallest absolute Gasteiger partial charge is 0.410 e. The number of likely N-dealkylation sites (tertiary alicyclic amines) is 1. The quantitative estimate of drug-likeness (QED) is 0.599. The number of hydrogen-bond donors (Lipinski definition) is 1. The molecule has 36 heavy (non-hydrogen) atoms. The van der Waals surface area contributed by atoms with Crippen molar-refractivity contribution in [1.82, 2.24) is 19.8 Å². The van der Waals surface area contributed by atoms with Crippen LogP contribution in [0.3, 0.4) is 0 Å². The van der Waals surface area contributed by atoms with E-state index in [1.165, 1.54) is 24.4 Å². The predicted octanol–water partition coefficient (Wildman–Crippen LogP) is 4.42. The number of carboxylic acid groups (broad SMARTS) is 1. The van der Waals surface area contributed by atoms with Crippen molar-refractivity contribution in [2.45, 2.75) is 58.6 Å². The van der Waals surface area contributed by atoms with Gasteiger partial charge in [0.15, 0.2) is 0 Å². The van der Waals surface area contributed by atoms with Gasteiger partial charge in [0.2, 0.25) is 0 Å². The van der Waals surface area contributed by atoms with Gasteiger partial charge in [-0.25, -0.2) is 19.2 Å². The van der Waals surface area contributed by atoms with Crippen molar-refractivity contribution in [2.75, 3.05) is 19.6 Å². The summed E-state index contributed by atoms with van der Waals surface area (Å²) in [6.45, 7) is 7.52. The summed E-state index contributed by atoms with van der Waals surface area (Å²) in [6.07, 6.45) is 2.37. The highest BCUT2D eigenvalue weighted by molar-refractivity contribution is 6.30. The lowest BCUT2D eigenvalue weighted by Gasteiger charge is -2.33. The summed E-state index contributed by atoms with van der Waals surface area (Å²) >= 11 is 5.83. The number of hydrogen-bond acceptors (Lipinski definition) is 6. The molecule has 1 aliphatic rings. The zero-order chi connectivity index (χ0) is 26.6. The van der Waals surface area contributed by atoms with E-state index in [0.717, 1.165) is 4.90 Å². The lowest BCUT2D eigenvalue weighted by molar-refractivity contribution is -0.137. The molecule has 9 nitrogen and oxygen atoms in total. The van der Waals surface area contributed by atoms with E-state index in [1.54, 1.807) is 11.8 Å². The highest BCUT2D eigenvalue weighted by Gasteiger charge is 2.29. The van der Waals surface area contributed by atoms with Crippen LogP contribution >= 0.6 is 11.6 Å². The van der Waals surface area contributed by atoms with Crippen LogP contribution in [0.1, 0.15) is 67.0 Å². The highest BCUT2D eigenvalue weighted by atomic mass is 35.5. The van der Waals surface area contributed by atoms with E-state index in [1.807, 2.05) is 20.8 Å². The molecule has 1 aromatic carbocycles. The maximum absolute atomic E-state index is 13.5. The molecule has 0 spiro atoms. The van der Waals surface area contributed by atoms with Crippen LogP contribution in [0.4, 0.5) is 9.18 Å². The maximum atomic E-state index is 13.5. The molecule has 3 rings (SSSR count). The third-order valence-corrected chi connectivity index (χ3v) is 6.00. The molecule has 1 aliphatic heterocycles. The van der Waals surface area contributed by atoms with Gasteiger partial charge in [-0.2, -0.15) is 0 Å². The molecule has 0 radical (unpaired) electrons. The Balaban J connectivity index is 1.71. The third kappa shape index (κ3) is 7.13. The molecule has 0 unspecified atom stereocenters. The van der Waals surface area contributed by atoms with Crippen LogP contribution in [0.2, 0.25) is 5.02 Å². The first kappa shape index (κ1) is 27.3. The Labute approximate surface area is 214 Å². The lowest BCUT2D eigenvalue weighted by atomic mass is 9.96. The molecule has 1 fully saturated rings. The molecule has 2 heterocycles. The van der Waals surface area contributed by atoms with Crippen LogP contribution in [0.15, 0.2) is 24.4 Å². The van der Waals surface area contributed by atoms with Crippen molar-refractivity contribution in [3.05, 3.63) is 57.9 Å². The number of amides is 2. The number of carbonyl (C=O) groups is 3. The Kier molecular flexibility index (Phi) is 8.50. The number of halogens is 2. The number of benzene rings is 1. The van der Waals surface area contributed by atoms with E-state index in [0.29, 0.717) is 43.0 Å². The van der Waals surface area contributed by atoms with Gasteiger partial charge in [-0.1, -0.05) is 17.7 Å². The molecule has 2 aromatic rings. The fraction of sp³-hybridized carbons (Fsp3) is 0.480. The van der Waals surface area contributed by atoms with Gasteiger partial charge in [0, 0.05) is 31.7 Å². The average Bonchev–Trinajstić information content (AvgIpc) is 2.79. The molecule has 0 aliphatic carbocycles. The van der Waals surface area contributed by atoms with Crippen LogP contribution < -0.4 is 0 Å². The van der Waals surface area contributed by atoms with E-state index in [4.69, 9.17) is 16.3 Å². The molecular formula is C25H30ClFN4O5. The number of aryl methyl sites for hydroxylation is 1. The van der Waals surface area contributed by atoms with Gasteiger partial charge >= 0.3 is 12.1 Å². The molecule has 194 valence electrons. The number of piperidine rings is 1. The maximum Gasteiger partial charge on any atom is 0.410 e. The second kappa shape index (κ2) is 11.2. The van der Waals surface area contributed by atoms with Crippen LogP contribution in [0.5, 0.6) is 0 Å². The molecule has 1 aromatic heterocycles. The van der Waals surface area contributed by atoms with Gasteiger partial charge in [0.1, 0.15) is 23.8 Å². The zero-order valence-electron chi connectivity index (χ0n) is 20.8. The van der Waals surface area contributed by atoms with Crippen molar-refractivity contribution in [2.24, 2.45) is 0 Å². The van der Waals surface area contributed by atoms with Gasteiger partial charge in [0.25, 0.3) is 5.91 Å². The van der Waals surface area contributed by atoms with Gasteiger partial charge in [-0.3, -0.25) is 9.59 Å². The molecule has 2 amide bonds. The van der Waals surface area contributed by atoms with E-state index in [-0.39, 0.29) is 29.1 Å². The minimum Gasteiger partial charge on any atom is -0.480 e. The van der Waals surface area contributed by atoms with Crippen molar-refractivity contribution in [3.63, 3.8) is 0 Å². The van der Waals surface area contributed by atoms with Crippen LogP contribution in [0, 0.1) is 12.7 Å². The first-order chi connectivity index (χ1) is 16.8. The van der Waals surface area contributed by atoms with E-state index < -0.39 is 29.8 Å². The van der Waals surface area contributed by atoms with Crippen molar-refractivity contribution < 1.29 is 28.6 Å². The molecule has 11 heteroatoms. The Morgan fingerprint density at radius 3 is 2.47 bits per heavy atom. The van der Waals surface area contributed by atoms with Gasteiger partial charge in [-0.05, 0) is 58.2 Å². The summed E-state index contributed by atoms with van der Waals surface area (Å²) in [6, 6.07) is 3.97. The van der Waals surface area contributed by atoms with Gasteiger partial charge in [-0.15, -0.1) is 0 Å². The molecule has 0 saturated carbocycles. The fourth-order valence-corrected chi connectivity index (χ4v) is 4.13. The summed E-state index contributed by atoms with van der Waals surface area (Å²) in [7, 11) is 0. The predicted molar refractivity (Wildman–Crippen MR) is 130 cm³/mol. The monoisotopic (exact) mass is 520 g/mol. The van der Waals surface area contributed by atoms with Crippen molar-refractivity contribution in [1.29, 1.82) is 0 Å². The van der Waals surface area contributed by atoms with Gasteiger partial charge in [0.05, 0.1) is 16.3 Å². The number of aliphatic carboxylic acids is 1. The highest BCUT2D eigenvalue weighted by Crippen LogP contribution is 2.27. The zero-order valence-corrected chi connectivity index (χ0v) is 21.5. The van der Waals surface area contributed by atoms with E-state index >= 15 is 0 Å². The number of rotatable bonds is 6. The summed E-state index contributed by atoms with van der Waals surface area (Å²) in [4.78, 5) is 48.6. The fourth-order valence-electron chi connectivity index (χ4n) is 3.93. The summed E-state index contributed by atoms with van der Waals surface area (Å²) in [5.41, 5.74) is 0.531. The third-order valence-electron chi connectivity index (χ3n) is 5.71. The standard InChI is InChI=1S/C25H30ClFN4O5/c1-15-18(23(34)31(14-21(32)33)13-16-5-6-20(27)19(26)11-16)12-28-22(29-15)17-7-9-30(10-8-17)24(35)36-25(2,3)4/h5-6,11-12,17H,7-10,13-14H2,1-4H3,(H,32,33).